The summed E-state index contributed by atoms with van der Waals surface area (Å²) in [6.45, 7) is 0. The summed E-state index contributed by atoms with van der Waals surface area (Å²) in [6, 6.07) is 36.7. The highest BCUT2D eigenvalue weighted by molar-refractivity contribution is 6.01. The number of Topliss-reactive ketones (excluding diaryl/α,β-unsaturated/α-hetero) is 2. The van der Waals surface area contributed by atoms with E-state index in [1.165, 1.54) is 12.4 Å². The molecule has 10 heteroatoms. The van der Waals surface area contributed by atoms with E-state index in [0.717, 1.165) is 11.1 Å². The van der Waals surface area contributed by atoms with E-state index in [9.17, 15) is 9.59 Å². The van der Waals surface area contributed by atoms with E-state index in [1.807, 2.05) is 60.7 Å². The van der Waals surface area contributed by atoms with Gasteiger partial charge in [0.15, 0.2) is 11.6 Å². The molecule has 10 nitrogen and oxygen atoms in total. The lowest BCUT2D eigenvalue weighted by Gasteiger charge is -2.25. The van der Waals surface area contributed by atoms with Gasteiger partial charge in [-0.15, -0.1) is 0 Å². The van der Waals surface area contributed by atoms with Crippen LogP contribution in [0.3, 0.4) is 0 Å². The molecule has 2 aromatic heterocycles. The standard InChI is InChI=1S/2C20H16N2O3/c2*21-14-6-9-20(22-12-14)24-15-7-8-18-16(10-15)17(23)11-19(25-18)13-4-2-1-3-5-13/h2*1-10,12,19H,11,21H2. The van der Waals surface area contributed by atoms with Crippen LogP contribution in [0.2, 0.25) is 0 Å². The average Bonchev–Trinajstić information content (AvgIpc) is 3.15. The number of carbonyl (C=O) groups excluding carboxylic acids is 2. The summed E-state index contributed by atoms with van der Waals surface area (Å²) < 4.78 is 23.4. The quantitative estimate of drug-likeness (QED) is 0.178. The highest BCUT2D eigenvalue weighted by atomic mass is 16.5. The van der Waals surface area contributed by atoms with Crippen LogP contribution in [0.25, 0.3) is 0 Å². The van der Waals surface area contributed by atoms with Gasteiger partial charge in [-0.3, -0.25) is 9.59 Å². The van der Waals surface area contributed by atoms with Crippen LogP contribution < -0.4 is 30.4 Å². The number of nitrogen functional groups attached to an aromatic ring is 2. The van der Waals surface area contributed by atoms with Crippen molar-refractivity contribution in [3.05, 3.63) is 156 Å². The van der Waals surface area contributed by atoms with Gasteiger partial charge in [0.2, 0.25) is 11.8 Å². The van der Waals surface area contributed by atoms with Gasteiger partial charge in [0.05, 0.1) is 47.7 Å². The molecule has 248 valence electrons. The summed E-state index contributed by atoms with van der Waals surface area (Å²) in [4.78, 5) is 33.3. The van der Waals surface area contributed by atoms with E-state index in [1.54, 1.807) is 60.7 Å². The highest BCUT2D eigenvalue weighted by Gasteiger charge is 2.29. The zero-order valence-electron chi connectivity index (χ0n) is 26.8. The molecule has 0 fully saturated rings. The number of carbonyl (C=O) groups is 2. The van der Waals surface area contributed by atoms with Crippen LogP contribution in [0, 0.1) is 0 Å². The normalized spacial score (nSPS) is 16.0. The van der Waals surface area contributed by atoms with Crippen molar-refractivity contribution >= 4 is 22.9 Å². The maximum absolute atomic E-state index is 12.6. The number of aromatic nitrogens is 2. The maximum Gasteiger partial charge on any atom is 0.219 e. The topological polar surface area (TPSA) is 149 Å². The highest BCUT2D eigenvalue weighted by Crippen LogP contribution is 2.39. The molecule has 4 N–H and O–H groups in total. The van der Waals surface area contributed by atoms with Gasteiger partial charge in [-0.2, -0.15) is 0 Å². The number of ketones is 2. The van der Waals surface area contributed by atoms with Gasteiger partial charge in [0.1, 0.15) is 35.2 Å². The van der Waals surface area contributed by atoms with Crippen LogP contribution in [0.1, 0.15) is 56.9 Å². The Labute approximate surface area is 288 Å². The number of hydrogen-bond donors (Lipinski definition) is 2. The molecular formula is C40H32N4O6. The van der Waals surface area contributed by atoms with E-state index >= 15 is 0 Å². The van der Waals surface area contributed by atoms with Gasteiger partial charge in [-0.25, -0.2) is 9.97 Å². The lowest BCUT2D eigenvalue weighted by atomic mass is 9.96. The predicted octanol–water partition coefficient (Wildman–Crippen LogP) is 8.33. The van der Waals surface area contributed by atoms with Gasteiger partial charge < -0.3 is 30.4 Å². The third-order valence-electron chi connectivity index (χ3n) is 8.09. The number of nitrogens with zero attached hydrogens (tertiary/aromatic N) is 2. The molecule has 0 radical (unpaired) electrons. The smallest absolute Gasteiger partial charge is 0.219 e. The zero-order valence-corrected chi connectivity index (χ0v) is 26.8. The lowest BCUT2D eigenvalue weighted by molar-refractivity contribution is 0.0840. The summed E-state index contributed by atoms with van der Waals surface area (Å²) >= 11 is 0. The van der Waals surface area contributed by atoms with Gasteiger partial charge in [-0.1, -0.05) is 60.7 Å². The number of rotatable bonds is 6. The van der Waals surface area contributed by atoms with E-state index in [2.05, 4.69) is 9.97 Å². The molecule has 50 heavy (non-hydrogen) atoms. The first-order valence-corrected chi connectivity index (χ1v) is 15.9. The Hall–Kier alpha value is -6.68. The minimum Gasteiger partial charge on any atom is -0.484 e. The number of anilines is 2. The number of pyridine rings is 2. The number of nitrogens with two attached hydrogens (primary N) is 2. The molecule has 2 atom stereocenters. The summed E-state index contributed by atoms with van der Waals surface area (Å²) in [5.41, 5.74) is 15.4. The van der Waals surface area contributed by atoms with Crippen molar-refractivity contribution < 1.29 is 28.5 Å². The largest absolute Gasteiger partial charge is 0.484 e. The molecule has 0 aliphatic carbocycles. The fourth-order valence-corrected chi connectivity index (χ4v) is 5.59. The van der Waals surface area contributed by atoms with Crippen LogP contribution in [-0.4, -0.2) is 21.5 Å². The van der Waals surface area contributed by atoms with Crippen LogP contribution in [0.4, 0.5) is 11.4 Å². The van der Waals surface area contributed by atoms with Crippen LogP contribution in [0.5, 0.6) is 34.8 Å². The van der Waals surface area contributed by atoms with Crippen LogP contribution in [-0.2, 0) is 0 Å². The third-order valence-corrected chi connectivity index (χ3v) is 8.09. The number of benzene rings is 4. The van der Waals surface area contributed by atoms with Crippen molar-refractivity contribution in [3.63, 3.8) is 0 Å². The van der Waals surface area contributed by atoms with Crippen molar-refractivity contribution in [2.75, 3.05) is 11.5 Å². The third kappa shape index (κ3) is 7.39. The molecule has 0 spiro atoms. The first-order valence-electron chi connectivity index (χ1n) is 15.9. The fourth-order valence-electron chi connectivity index (χ4n) is 5.59. The number of ether oxygens (including phenoxy) is 4. The lowest BCUT2D eigenvalue weighted by Crippen LogP contribution is -2.20. The fraction of sp³-hybridized carbons (Fsp3) is 0.100. The van der Waals surface area contributed by atoms with E-state index < -0.39 is 0 Å². The maximum atomic E-state index is 12.6. The summed E-state index contributed by atoms with van der Waals surface area (Å²) in [6.07, 6.45) is 3.14. The molecule has 2 unspecified atom stereocenters. The Morgan fingerprint density at radius 2 is 0.960 bits per heavy atom. The van der Waals surface area contributed by atoms with Gasteiger partial charge in [0, 0.05) is 12.1 Å². The van der Waals surface area contributed by atoms with Crippen molar-refractivity contribution in [1.29, 1.82) is 0 Å². The average molecular weight is 665 g/mol. The molecule has 0 amide bonds. The number of fused-ring (bicyclic) bond motifs is 2. The van der Waals surface area contributed by atoms with Crippen molar-refractivity contribution in [1.82, 2.24) is 9.97 Å². The minimum absolute atomic E-state index is 0.0332. The predicted molar refractivity (Wildman–Crippen MR) is 188 cm³/mol. The van der Waals surface area contributed by atoms with E-state index in [0.29, 0.717) is 70.1 Å². The molecule has 2 aliphatic heterocycles. The Morgan fingerprint density at radius 3 is 1.34 bits per heavy atom. The number of hydrogen-bond acceptors (Lipinski definition) is 10. The van der Waals surface area contributed by atoms with Crippen LogP contribution in [0.15, 0.2) is 134 Å². The summed E-state index contributed by atoms with van der Waals surface area (Å²) in [7, 11) is 0. The molecule has 2 aliphatic rings. The van der Waals surface area contributed by atoms with Gasteiger partial charge >= 0.3 is 0 Å². The molecule has 0 bridgehead atoms. The molecular weight excluding hydrogens is 632 g/mol. The molecule has 0 saturated carbocycles. The molecule has 8 rings (SSSR count). The Morgan fingerprint density at radius 1 is 0.540 bits per heavy atom. The SMILES string of the molecule is Nc1ccc(Oc2ccc3c(c2)C(=O)CC(c2ccccc2)O3)nc1.Nc1ccc(Oc2ccc3c(c2)C(=O)CC(c2ccccc2)O3)nc1. The second kappa shape index (κ2) is 14.2. The Balaban J connectivity index is 0.000000157. The second-order valence-corrected chi connectivity index (χ2v) is 11.7. The monoisotopic (exact) mass is 664 g/mol. The summed E-state index contributed by atoms with van der Waals surface area (Å²) in [5, 5.41) is 0. The molecule has 4 heterocycles. The molecule has 6 aromatic rings. The zero-order chi connectivity index (χ0) is 34.5. The van der Waals surface area contributed by atoms with E-state index in [-0.39, 0.29) is 23.8 Å². The van der Waals surface area contributed by atoms with E-state index in [4.69, 9.17) is 30.4 Å². The Bertz CT molecular complexity index is 1970. The second-order valence-electron chi connectivity index (χ2n) is 11.7. The van der Waals surface area contributed by atoms with Crippen molar-refractivity contribution in [3.8, 4) is 34.8 Å². The first-order chi connectivity index (χ1) is 24.4. The minimum atomic E-state index is -0.258. The summed E-state index contributed by atoms with van der Waals surface area (Å²) in [5.74, 6) is 3.11. The molecule has 4 aromatic carbocycles. The van der Waals surface area contributed by atoms with Crippen molar-refractivity contribution in [2.45, 2.75) is 25.0 Å². The van der Waals surface area contributed by atoms with Crippen molar-refractivity contribution in [2.24, 2.45) is 0 Å². The van der Waals surface area contributed by atoms with Gasteiger partial charge in [-0.05, 0) is 59.7 Å². The van der Waals surface area contributed by atoms with Gasteiger partial charge in [0.25, 0.3) is 0 Å². The molecule has 0 saturated heterocycles. The van der Waals surface area contributed by atoms with Crippen LogP contribution >= 0.6 is 0 Å². The Kier molecular flexibility index (Phi) is 9.06. The first kappa shape index (κ1) is 31.9.